The van der Waals surface area contributed by atoms with Crippen LogP contribution in [0.5, 0.6) is 5.75 Å². The number of hydrogen-bond donors (Lipinski definition) is 3. The van der Waals surface area contributed by atoms with Gasteiger partial charge in [-0.3, -0.25) is 0 Å². The maximum atomic E-state index is 10.1. The van der Waals surface area contributed by atoms with Crippen LogP contribution in [-0.4, -0.2) is 23.7 Å². The van der Waals surface area contributed by atoms with Crippen molar-refractivity contribution in [1.82, 2.24) is 10.3 Å². The van der Waals surface area contributed by atoms with Crippen molar-refractivity contribution in [3.8, 4) is 5.75 Å². The number of aromatic amines is 1. The number of H-pyrrole nitrogens is 1. The molecular formula is C12H16N2O. The number of benzene rings is 1. The summed E-state index contributed by atoms with van der Waals surface area (Å²) in [4.78, 5) is 3.14. The van der Waals surface area contributed by atoms with Crippen LogP contribution in [0, 0.1) is 6.92 Å². The summed E-state index contributed by atoms with van der Waals surface area (Å²) in [5.74, 6) is 0.418. The fourth-order valence-electron chi connectivity index (χ4n) is 1.87. The second-order valence-corrected chi connectivity index (χ2v) is 3.82. The van der Waals surface area contributed by atoms with E-state index in [2.05, 4.69) is 10.3 Å². The number of hydrogen-bond acceptors (Lipinski definition) is 2. The summed E-state index contributed by atoms with van der Waals surface area (Å²) < 4.78 is 0. The zero-order valence-corrected chi connectivity index (χ0v) is 9.09. The molecule has 0 aliphatic rings. The number of aromatic nitrogens is 1. The highest BCUT2D eigenvalue weighted by Gasteiger charge is 2.09. The molecule has 0 amide bonds. The number of aromatic hydroxyl groups is 1. The Balaban J connectivity index is 2.49. The molecule has 0 saturated heterocycles. The van der Waals surface area contributed by atoms with Crippen LogP contribution in [0.4, 0.5) is 0 Å². The van der Waals surface area contributed by atoms with Gasteiger partial charge >= 0.3 is 0 Å². The molecule has 0 fully saturated rings. The fourth-order valence-corrected chi connectivity index (χ4v) is 1.87. The smallest absolute Gasteiger partial charge is 0.128 e. The molecule has 1 heterocycles. The highest BCUT2D eigenvalue weighted by Crippen LogP contribution is 2.30. The van der Waals surface area contributed by atoms with Crippen LogP contribution in [0.25, 0.3) is 10.9 Å². The number of rotatable bonds is 3. The summed E-state index contributed by atoms with van der Waals surface area (Å²) in [6.45, 7) is 2.88. The molecule has 0 radical (unpaired) electrons. The molecule has 80 valence electrons. The Morgan fingerprint density at radius 2 is 2.20 bits per heavy atom. The lowest BCUT2D eigenvalue weighted by atomic mass is 10.1. The molecule has 15 heavy (non-hydrogen) atoms. The first-order valence-corrected chi connectivity index (χ1v) is 5.17. The minimum Gasteiger partial charge on any atom is -0.507 e. The molecule has 0 spiro atoms. The van der Waals surface area contributed by atoms with E-state index < -0.39 is 0 Å². The molecule has 2 aromatic rings. The summed E-state index contributed by atoms with van der Waals surface area (Å²) in [5, 5.41) is 14.1. The Morgan fingerprint density at radius 3 is 2.93 bits per heavy atom. The highest BCUT2D eigenvalue weighted by molar-refractivity contribution is 5.90. The number of likely N-dealkylation sites (N-methyl/N-ethyl adjacent to an activating group) is 1. The third kappa shape index (κ3) is 1.70. The SMILES string of the molecule is CNCCc1ccc2[nH]cc(C)c2c1O. The lowest BCUT2D eigenvalue weighted by molar-refractivity contribution is 0.474. The average Bonchev–Trinajstić information content (AvgIpc) is 2.60. The molecule has 0 aliphatic heterocycles. The Kier molecular flexibility index (Phi) is 2.64. The van der Waals surface area contributed by atoms with Gasteiger partial charge in [0.15, 0.2) is 0 Å². The fraction of sp³-hybridized carbons (Fsp3) is 0.333. The number of fused-ring (bicyclic) bond motifs is 1. The monoisotopic (exact) mass is 204 g/mol. The summed E-state index contributed by atoms with van der Waals surface area (Å²) in [7, 11) is 1.91. The van der Waals surface area contributed by atoms with Gasteiger partial charge in [0.25, 0.3) is 0 Å². The van der Waals surface area contributed by atoms with E-state index in [4.69, 9.17) is 0 Å². The zero-order chi connectivity index (χ0) is 10.8. The van der Waals surface area contributed by atoms with Crippen molar-refractivity contribution >= 4 is 10.9 Å². The van der Waals surface area contributed by atoms with Gasteiger partial charge in [0, 0.05) is 17.1 Å². The summed E-state index contributed by atoms with van der Waals surface area (Å²) in [6.07, 6.45) is 2.77. The summed E-state index contributed by atoms with van der Waals surface area (Å²) >= 11 is 0. The molecule has 0 atom stereocenters. The lowest BCUT2D eigenvalue weighted by Gasteiger charge is -2.05. The molecular weight excluding hydrogens is 188 g/mol. The van der Waals surface area contributed by atoms with Gasteiger partial charge in [-0.1, -0.05) is 6.07 Å². The number of phenols is 1. The van der Waals surface area contributed by atoms with Gasteiger partial charge in [0.05, 0.1) is 0 Å². The van der Waals surface area contributed by atoms with Gasteiger partial charge in [-0.2, -0.15) is 0 Å². The van der Waals surface area contributed by atoms with Crippen LogP contribution in [0.3, 0.4) is 0 Å². The standard InChI is InChI=1S/C12H16N2O/c1-8-7-14-10-4-3-9(5-6-13-2)12(15)11(8)10/h3-4,7,13-15H,5-6H2,1-2H3. The minimum absolute atomic E-state index is 0.418. The molecule has 1 aromatic carbocycles. The molecule has 1 aromatic heterocycles. The predicted molar refractivity (Wildman–Crippen MR) is 62.3 cm³/mol. The van der Waals surface area contributed by atoms with Gasteiger partial charge in [0.1, 0.15) is 5.75 Å². The first-order chi connectivity index (χ1) is 7.24. The second kappa shape index (κ2) is 3.95. The van der Waals surface area contributed by atoms with Crippen molar-refractivity contribution in [2.45, 2.75) is 13.3 Å². The third-order valence-corrected chi connectivity index (χ3v) is 2.74. The van der Waals surface area contributed by atoms with Crippen LogP contribution in [-0.2, 0) is 6.42 Å². The molecule has 0 aliphatic carbocycles. The third-order valence-electron chi connectivity index (χ3n) is 2.74. The molecule has 2 rings (SSSR count). The van der Waals surface area contributed by atoms with E-state index in [0.717, 1.165) is 35.0 Å². The second-order valence-electron chi connectivity index (χ2n) is 3.82. The molecule has 0 bridgehead atoms. The first kappa shape index (κ1) is 10.1. The predicted octanol–water partition coefficient (Wildman–Crippen LogP) is 1.94. The van der Waals surface area contributed by atoms with Gasteiger partial charge in [-0.05, 0) is 44.1 Å². The van der Waals surface area contributed by atoms with Crippen molar-refractivity contribution in [1.29, 1.82) is 0 Å². The van der Waals surface area contributed by atoms with Crippen molar-refractivity contribution < 1.29 is 5.11 Å². The van der Waals surface area contributed by atoms with Gasteiger partial charge in [0.2, 0.25) is 0 Å². The highest BCUT2D eigenvalue weighted by atomic mass is 16.3. The molecule has 3 N–H and O–H groups in total. The normalized spacial score (nSPS) is 11.1. The largest absolute Gasteiger partial charge is 0.507 e. The van der Waals surface area contributed by atoms with Crippen LogP contribution in [0.15, 0.2) is 18.3 Å². The molecule has 3 nitrogen and oxygen atoms in total. The first-order valence-electron chi connectivity index (χ1n) is 5.17. The number of phenolic OH excluding ortho intramolecular Hbond substituents is 1. The van der Waals surface area contributed by atoms with E-state index in [1.54, 1.807) is 0 Å². The van der Waals surface area contributed by atoms with Crippen LogP contribution in [0.2, 0.25) is 0 Å². The maximum Gasteiger partial charge on any atom is 0.128 e. The van der Waals surface area contributed by atoms with E-state index in [9.17, 15) is 5.11 Å². The Morgan fingerprint density at radius 1 is 1.40 bits per heavy atom. The van der Waals surface area contributed by atoms with Crippen LogP contribution >= 0.6 is 0 Å². The van der Waals surface area contributed by atoms with E-state index in [1.165, 1.54) is 0 Å². The molecule has 3 heteroatoms. The van der Waals surface area contributed by atoms with Gasteiger partial charge in [-0.25, -0.2) is 0 Å². The van der Waals surface area contributed by atoms with E-state index >= 15 is 0 Å². The average molecular weight is 204 g/mol. The van der Waals surface area contributed by atoms with E-state index in [1.807, 2.05) is 32.3 Å². The minimum atomic E-state index is 0.418. The van der Waals surface area contributed by atoms with Crippen LogP contribution < -0.4 is 5.32 Å². The zero-order valence-electron chi connectivity index (χ0n) is 9.09. The number of nitrogens with one attached hydrogen (secondary N) is 2. The lowest BCUT2D eigenvalue weighted by Crippen LogP contribution is -2.10. The van der Waals surface area contributed by atoms with Crippen molar-refractivity contribution in [2.75, 3.05) is 13.6 Å². The summed E-state index contributed by atoms with van der Waals surface area (Å²) in [6, 6.07) is 4.00. The molecule has 0 unspecified atom stereocenters. The van der Waals surface area contributed by atoms with Crippen molar-refractivity contribution in [2.24, 2.45) is 0 Å². The van der Waals surface area contributed by atoms with Crippen molar-refractivity contribution in [3.05, 3.63) is 29.5 Å². The quantitative estimate of drug-likeness (QED) is 0.715. The topological polar surface area (TPSA) is 48.0 Å². The molecule has 0 saturated carbocycles. The Hall–Kier alpha value is -1.48. The Bertz CT molecular complexity index is 474. The van der Waals surface area contributed by atoms with Gasteiger partial charge < -0.3 is 15.4 Å². The number of aryl methyl sites for hydroxylation is 1. The van der Waals surface area contributed by atoms with E-state index in [-0.39, 0.29) is 0 Å². The Labute approximate surface area is 89.1 Å². The van der Waals surface area contributed by atoms with Crippen LogP contribution in [0.1, 0.15) is 11.1 Å². The van der Waals surface area contributed by atoms with Crippen molar-refractivity contribution in [3.63, 3.8) is 0 Å². The summed E-state index contributed by atoms with van der Waals surface area (Å²) in [5.41, 5.74) is 3.09. The van der Waals surface area contributed by atoms with E-state index in [0.29, 0.717) is 5.75 Å². The van der Waals surface area contributed by atoms with Gasteiger partial charge in [-0.15, -0.1) is 0 Å². The maximum absolute atomic E-state index is 10.1.